The van der Waals surface area contributed by atoms with Gasteiger partial charge in [0.05, 0.1) is 6.10 Å². The van der Waals surface area contributed by atoms with Crippen molar-refractivity contribution in [1.82, 2.24) is 0 Å². The molecule has 0 aliphatic heterocycles. The Kier molecular flexibility index (Phi) is 2.57. The van der Waals surface area contributed by atoms with Crippen molar-refractivity contribution >= 4 is 0 Å². The van der Waals surface area contributed by atoms with Gasteiger partial charge in [0, 0.05) is 5.41 Å². The summed E-state index contributed by atoms with van der Waals surface area (Å²) in [5.74, 6) is 0.861. The molecule has 4 aliphatic rings. The molecule has 1 N–H and O–H groups in total. The predicted molar refractivity (Wildman–Crippen MR) is 87.0 cm³/mol. The highest BCUT2D eigenvalue weighted by atomic mass is 16.3. The van der Waals surface area contributed by atoms with Crippen molar-refractivity contribution in [3.8, 4) is 0 Å². The normalized spacial score (nSPS) is 61.4. The standard InChI is InChI=1S/C20H34O/c1-16(2)8-6-9-18(4)14(16)7-10-19(5)15(21)17(3)11-12-20(18,19)13-17/h14-15,21H,6-13H2,1-5H3/t14-,15-,17-,18+,19+,20+/m1/s1. The second-order valence-electron chi connectivity index (χ2n) is 10.6. The molecular formula is C20H34O. The SMILES string of the molecule is CC1(C)CCC[C@@]2(C)[C@@H]1CC[C@@]1(C)[C@H](O)[C@]3(C)CC[C@]21C3. The lowest BCUT2D eigenvalue weighted by molar-refractivity contribution is -0.211. The molecule has 21 heavy (non-hydrogen) atoms. The first-order valence-electron chi connectivity index (χ1n) is 9.30. The average molecular weight is 290 g/mol. The molecule has 4 fully saturated rings. The zero-order valence-corrected chi connectivity index (χ0v) is 14.8. The lowest BCUT2D eigenvalue weighted by Crippen LogP contribution is -2.62. The Morgan fingerprint density at radius 3 is 2.24 bits per heavy atom. The molecule has 0 saturated heterocycles. The van der Waals surface area contributed by atoms with Crippen molar-refractivity contribution < 1.29 is 5.11 Å². The third kappa shape index (κ3) is 1.35. The van der Waals surface area contributed by atoms with E-state index in [1.54, 1.807) is 0 Å². The van der Waals surface area contributed by atoms with Gasteiger partial charge in [-0.05, 0) is 72.5 Å². The van der Waals surface area contributed by atoms with E-state index in [0.29, 0.717) is 16.2 Å². The van der Waals surface area contributed by atoms with Crippen LogP contribution in [0.15, 0.2) is 0 Å². The zero-order chi connectivity index (χ0) is 15.3. The minimum atomic E-state index is -0.0680. The molecule has 2 bridgehead atoms. The van der Waals surface area contributed by atoms with Gasteiger partial charge in [0.2, 0.25) is 0 Å². The molecule has 0 aromatic rings. The van der Waals surface area contributed by atoms with Gasteiger partial charge in [-0.1, -0.05) is 41.0 Å². The molecule has 1 nitrogen and oxygen atoms in total. The number of fused-ring (bicyclic) bond motifs is 2. The van der Waals surface area contributed by atoms with Crippen LogP contribution in [0, 0.1) is 33.0 Å². The Bertz CT molecular complexity index is 482. The molecular weight excluding hydrogens is 256 g/mol. The third-order valence-corrected chi connectivity index (χ3v) is 9.46. The quantitative estimate of drug-likeness (QED) is 0.652. The number of hydrogen-bond acceptors (Lipinski definition) is 1. The van der Waals surface area contributed by atoms with Crippen LogP contribution in [-0.4, -0.2) is 11.2 Å². The summed E-state index contributed by atoms with van der Waals surface area (Å²) < 4.78 is 0. The predicted octanol–water partition coefficient (Wildman–Crippen LogP) is 5.17. The summed E-state index contributed by atoms with van der Waals surface area (Å²) in [6.45, 7) is 12.5. The van der Waals surface area contributed by atoms with E-state index < -0.39 is 0 Å². The molecule has 1 spiro atoms. The van der Waals surface area contributed by atoms with Crippen LogP contribution in [0.5, 0.6) is 0 Å². The van der Waals surface area contributed by atoms with Gasteiger partial charge in [0.1, 0.15) is 0 Å². The van der Waals surface area contributed by atoms with E-state index in [1.807, 2.05) is 0 Å². The summed E-state index contributed by atoms with van der Waals surface area (Å²) in [4.78, 5) is 0. The number of rotatable bonds is 0. The van der Waals surface area contributed by atoms with Crippen molar-refractivity contribution in [2.75, 3.05) is 0 Å². The average Bonchev–Trinajstić information content (AvgIpc) is 2.82. The van der Waals surface area contributed by atoms with Crippen molar-refractivity contribution in [2.45, 2.75) is 92.1 Å². The largest absolute Gasteiger partial charge is 0.392 e. The minimum Gasteiger partial charge on any atom is -0.392 e. The summed E-state index contributed by atoms with van der Waals surface area (Å²) in [6, 6.07) is 0. The second kappa shape index (κ2) is 3.71. The van der Waals surface area contributed by atoms with E-state index in [4.69, 9.17) is 0 Å². The molecule has 0 amide bonds. The number of aliphatic hydroxyl groups excluding tert-OH is 1. The van der Waals surface area contributed by atoms with E-state index in [9.17, 15) is 5.11 Å². The van der Waals surface area contributed by atoms with Crippen molar-refractivity contribution in [3.63, 3.8) is 0 Å². The smallest absolute Gasteiger partial charge is 0.0653 e. The Morgan fingerprint density at radius 1 is 0.810 bits per heavy atom. The first-order chi connectivity index (χ1) is 9.62. The summed E-state index contributed by atoms with van der Waals surface area (Å²) in [6.07, 6.45) is 10.7. The van der Waals surface area contributed by atoms with Crippen LogP contribution in [-0.2, 0) is 0 Å². The van der Waals surface area contributed by atoms with Crippen LogP contribution in [0.3, 0.4) is 0 Å². The van der Waals surface area contributed by atoms with Gasteiger partial charge in [0.15, 0.2) is 0 Å². The first kappa shape index (κ1) is 14.5. The highest BCUT2D eigenvalue weighted by Crippen LogP contribution is 2.82. The van der Waals surface area contributed by atoms with Gasteiger partial charge in [-0.3, -0.25) is 0 Å². The van der Waals surface area contributed by atoms with E-state index in [1.165, 1.54) is 51.4 Å². The topological polar surface area (TPSA) is 20.2 Å². The number of hydrogen-bond donors (Lipinski definition) is 1. The lowest BCUT2D eigenvalue weighted by Gasteiger charge is -2.68. The van der Waals surface area contributed by atoms with Crippen LogP contribution in [0.25, 0.3) is 0 Å². The zero-order valence-electron chi connectivity index (χ0n) is 14.8. The Morgan fingerprint density at radius 2 is 1.52 bits per heavy atom. The fourth-order valence-electron chi connectivity index (χ4n) is 8.48. The molecule has 0 aromatic carbocycles. The second-order valence-corrected chi connectivity index (χ2v) is 10.6. The summed E-state index contributed by atoms with van der Waals surface area (Å²) in [5.41, 5.74) is 1.74. The third-order valence-electron chi connectivity index (χ3n) is 9.46. The van der Waals surface area contributed by atoms with Gasteiger partial charge in [0.25, 0.3) is 0 Å². The fourth-order valence-corrected chi connectivity index (χ4v) is 8.48. The lowest BCUT2D eigenvalue weighted by atomic mass is 9.37. The summed E-state index contributed by atoms with van der Waals surface area (Å²) >= 11 is 0. The van der Waals surface area contributed by atoms with E-state index in [-0.39, 0.29) is 16.9 Å². The van der Waals surface area contributed by atoms with Crippen molar-refractivity contribution in [1.29, 1.82) is 0 Å². The molecule has 6 atom stereocenters. The molecule has 0 heterocycles. The first-order valence-corrected chi connectivity index (χ1v) is 9.30. The molecule has 0 unspecified atom stereocenters. The molecule has 0 aromatic heterocycles. The summed E-state index contributed by atoms with van der Waals surface area (Å²) in [7, 11) is 0. The van der Waals surface area contributed by atoms with Gasteiger partial charge < -0.3 is 5.11 Å². The molecule has 1 heteroatoms. The summed E-state index contributed by atoms with van der Waals surface area (Å²) in [5, 5.41) is 11.2. The maximum Gasteiger partial charge on any atom is 0.0653 e. The van der Waals surface area contributed by atoms with Crippen LogP contribution in [0.2, 0.25) is 0 Å². The van der Waals surface area contributed by atoms with E-state index in [0.717, 1.165) is 5.92 Å². The highest BCUT2D eigenvalue weighted by Gasteiger charge is 2.77. The van der Waals surface area contributed by atoms with Gasteiger partial charge in [-0.15, -0.1) is 0 Å². The van der Waals surface area contributed by atoms with Gasteiger partial charge in [-0.25, -0.2) is 0 Å². The highest BCUT2D eigenvalue weighted by molar-refractivity contribution is 5.26. The van der Waals surface area contributed by atoms with E-state index in [2.05, 4.69) is 34.6 Å². The molecule has 4 rings (SSSR count). The Labute approximate surface area is 130 Å². The van der Waals surface area contributed by atoms with Crippen LogP contribution < -0.4 is 0 Å². The number of aliphatic hydroxyl groups is 1. The maximum absolute atomic E-state index is 11.2. The fraction of sp³-hybridized carbons (Fsp3) is 1.00. The minimum absolute atomic E-state index is 0.0680. The molecule has 0 radical (unpaired) electrons. The van der Waals surface area contributed by atoms with Gasteiger partial charge in [-0.2, -0.15) is 0 Å². The Balaban J connectivity index is 1.87. The molecule has 4 saturated carbocycles. The van der Waals surface area contributed by atoms with Crippen LogP contribution in [0.1, 0.15) is 86.0 Å². The van der Waals surface area contributed by atoms with Gasteiger partial charge >= 0.3 is 0 Å². The maximum atomic E-state index is 11.2. The molecule has 4 aliphatic carbocycles. The monoisotopic (exact) mass is 290 g/mol. The van der Waals surface area contributed by atoms with Crippen molar-refractivity contribution in [2.24, 2.45) is 33.0 Å². The van der Waals surface area contributed by atoms with Crippen LogP contribution >= 0.6 is 0 Å². The van der Waals surface area contributed by atoms with Crippen LogP contribution in [0.4, 0.5) is 0 Å². The molecule has 120 valence electrons. The Hall–Kier alpha value is -0.0400. The van der Waals surface area contributed by atoms with Crippen molar-refractivity contribution in [3.05, 3.63) is 0 Å². The van der Waals surface area contributed by atoms with E-state index >= 15 is 0 Å².